The Morgan fingerprint density at radius 1 is 1.31 bits per heavy atom. The van der Waals surface area contributed by atoms with Crippen LogP contribution in [0.15, 0.2) is 34.6 Å². The second-order valence-corrected chi connectivity index (χ2v) is 3.15. The van der Waals surface area contributed by atoms with E-state index in [9.17, 15) is 4.79 Å². The van der Waals surface area contributed by atoms with E-state index < -0.39 is 5.97 Å². The van der Waals surface area contributed by atoms with E-state index in [2.05, 4.69) is 10.3 Å². The maximum Gasteiger partial charge on any atom is 0.337 e. The lowest BCUT2D eigenvalue weighted by molar-refractivity contribution is 0.0697. The van der Waals surface area contributed by atoms with Gasteiger partial charge in [-0.3, -0.25) is 5.01 Å². The third-order valence-electron chi connectivity index (χ3n) is 2.14. The maximum absolute atomic E-state index is 10.9. The Morgan fingerprint density at radius 2 is 1.94 bits per heavy atom. The zero-order valence-corrected chi connectivity index (χ0v) is 9.42. The highest BCUT2D eigenvalue weighted by Crippen LogP contribution is 2.19. The molecule has 0 radical (unpaired) electrons. The lowest BCUT2D eigenvalue weighted by Gasteiger charge is -2.11. The number of nitrogens with zero attached hydrogens (tertiary/aromatic N) is 3. The molecule has 0 saturated heterocycles. The van der Waals surface area contributed by atoms with Crippen molar-refractivity contribution in [2.24, 2.45) is 10.3 Å². The minimum absolute atomic E-state index is 0.165. The van der Waals surface area contributed by atoms with Gasteiger partial charge in [0.1, 0.15) is 5.69 Å². The van der Waals surface area contributed by atoms with Gasteiger partial charge < -0.3 is 5.11 Å². The average Bonchev–Trinajstić information content (AvgIpc) is 2.30. The van der Waals surface area contributed by atoms with Crippen LogP contribution in [0.2, 0.25) is 0 Å². The molecular weight excluding hydrogens is 206 g/mol. The molecular formula is C11H15N3O2. The lowest BCUT2D eigenvalue weighted by atomic mass is 10.2. The van der Waals surface area contributed by atoms with Gasteiger partial charge in [-0.05, 0) is 26.0 Å². The van der Waals surface area contributed by atoms with E-state index in [1.54, 1.807) is 23.2 Å². The van der Waals surface area contributed by atoms with Crippen LogP contribution in [0.5, 0.6) is 0 Å². The highest BCUT2D eigenvalue weighted by atomic mass is 16.4. The molecule has 0 saturated carbocycles. The van der Waals surface area contributed by atoms with E-state index in [-0.39, 0.29) is 5.56 Å². The number of carbonyl (C=O) groups is 1. The second-order valence-electron chi connectivity index (χ2n) is 3.15. The number of hydrogen-bond acceptors (Lipinski definition) is 3. The van der Waals surface area contributed by atoms with Crippen molar-refractivity contribution < 1.29 is 9.90 Å². The SMILES string of the molecule is CCN(CC)/N=N/c1ccccc1C(=O)O. The van der Waals surface area contributed by atoms with Crippen molar-refractivity contribution in [2.75, 3.05) is 13.1 Å². The average molecular weight is 221 g/mol. The number of carboxylic acids is 1. The molecule has 0 aliphatic heterocycles. The van der Waals surface area contributed by atoms with Gasteiger partial charge in [-0.25, -0.2) is 4.79 Å². The molecule has 0 bridgehead atoms. The van der Waals surface area contributed by atoms with Crippen molar-refractivity contribution >= 4 is 11.7 Å². The summed E-state index contributed by atoms with van der Waals surface area (Å²) >= 11 is 0. The van der Waals surface area contributed by atoms with Crippen LogP contribution in [0.4, 0.5) is 5.69 Å². The molecule has 1 N–H and O–H groups in total. The topological polar surface area (TPSA) is 65.3 Å². The molecule has 5 heteroatoms. The summed E-state index contributed by atoms with van der Waals surface area (Å²) in [5.41, 5.74) is 0.542. The van der Waals surface area contributed by atoms with Crippen LogP contribution < -0.4 is 0 Å². The largest absolute Gasteiger partial charge is 0.478 e. The van der Waals surface area contributed by atoms with E-state index in [4.69, 9.17) is 5.11 Å². The van der Waals surface area contributed by atoms with Gasteiger partial charge in [0.05, 0.1) is 5.56 Å². The Kier molecular flexibility index (Phi) is 4.44. The zero-order valence-electron chi connectivity index (χ0n) is 9.42. The number of benzene rings is 1. The summed E-state index contributed by atoms with van der Waals surface area (Å²) in [6, 6.07) is 6.55. The molecule has 0 aliphatic carbocycles. The van der Waals surface area contributed by atoms with Gasteiger partial charge in [-0.2, -0.15) is 0 Å². The number of aromatic carboxylic acids is 1. The molecule has 0 aromatic heterocycles. The van der Waals surface area contributed by atoms with E-state index in [0.29, 0.717) is 5.69 Å². The molecule has 0 heterocycles. The summed E-state index contributed by atoms with van der Waals surface area (Å²) in [5.74, 6) is -0.992. The Balaban J connectivity index is 2.92. The number of carboxylic acid groups (broad SMARTS) is 1. The summed E-state index contributed by atoms with van der Waals surface area (Å²) in [7, 11) is 0. The van der Waals surface area contributed by atoms with Gasteiger partial charge in [-0.1, -0.05) is 17.4 Å². The van der Waals surface area contributed by atoms with Crippen molar-refractivity contribution in [2.45, 2.75) is 13.8 Å². The molecule has 0 amide bonds. The van der Waals surface area contributed by atoms with Gasteiger partial charge >= 0.3 is 5.97 Å². The molecule has 0 spiro atoms. The Labute approximate surface area is 94.4 Å². The number of rotatable bonds is 5. The molecule has 0 fully saturated rings. The first-order valence-corrected chi connectivity index (χ1v) is 5.18. The lowest BCUT2D eigenvalue weighted by Crippen LogP contribution is -2.14. The van der Waals surface area contributed by atoms with E-state index in [1.165, 1.54) is 6.07 Å². The van der Waals surface area contributed by atoms with Crippen molar-refractivity contribution in [1.29, 1.82) is 0 Å². The summed E-state index contributed by atoms with van der Waals surface area (Å²) in [4.78, 5) is 10.9. The Hall–Kier alpha value is -1.91. The van der Waals surface area contributed by atoms with Crippen molar-refractivity contribution in [3.63, 3.8) is 0 Å². The minimum Gasteiger partial charge on any atom is -0.478 e. The fourth-order valence-electron chi connectivity index (χ4n) is 1.20. The summed E-state index contributed by atoms with van der Waals surface area (Å²) < 4.78 is 0. The first-order chi connectivity index (χ1) is 7.69. The maximum atomic E-state index is 10.9. The highest BCUT2D eigenvalue weighted by Gasteiger charge is 2.08. The molecule has 1 aromatic carbocycles. The predicted octanol–water partition coefficient (Wildman–Crippen LogP) is 2.73. The second kappa shape index (κ2) is 5.85. The van der Waals surface area contributed by atoms with Crippen LogP contribution in [0.3, 0.4) is 0 Å². The van der Waals surface area contributed by atoms with Crippen LogP contribution in [0.1, 0.15) is 24.2 Å². The van der Waals surface area contributed by atoms with Crippen molar-refractivity contribution in [3.8, 4) is 0 Å². The molecule has 86 valence electrons. The van der Waals surface area contributed by atoms with Crippen LogP contribution in [0, 0.1) is 0 Å². The molecule has 1 rings (SSSR count). The third-order valence-corrected chi connectivity index (χ3v) is 2.14. The molecule has 0 unspecified atom stereocenters. The van der Waals surface area contributed by atoms with E-state index >= 15 is 0 Å². The van der Waals surface area contributed by atoms with Crippen molar-refractivity contribution in [1.82, 2.24) is 5.01 Å². The monoisotopic (exact) mass is 221 g/mol. The standard InChI is InChI=1S/C11H15N3O2/c1-3-14(4-2)13-12-10-8-6-5-7-9(10)11(15)16/h5-8H,3-4H2,1-2H3,(H,15,16)/b13-12+. The van der Waals surface area contributed by atoms with Gasteiger partial charge in [0.15, 0.2) is 0 Å². The van der Waals surface area contributed by atoms with Crippen LogP contribution in [-0.2, 0) is 0 Å². The number of hydrogen-bond donors (Lipinski definition) is 1. The Bertz CT molecular complexity index is 387. The third kappa shape index (κ3) is 3.05. The van der Waals surface area contributed by atoms with Crippen LogP contribution in [-0.4, -0.2) is 29.2 Å². The van der Waals surface area contributed by atoms with E-state index in [0.717, 1.165) is 13.1 Å². The molecule has 16 heavy (non-hydrogen) atoms. The molecule has 0 atom stereocenters. The minimum atomic E-state index is -0.992. The first kappa shape index (κ1) is 12.2. The van der Waals surface area contributed by atoms with Gasteiger partial charge in [0.25, 0.3) is 0 Å². The quantitative estimate of drug-likeness (QED) is 0.614. The fraction of sp³-hybridized carbons (Fsp3) is 0.364. The van der Waals surface area contributed by atoms with Gasteiger partial charge in [0.2, 0.25) is 0 Å². The summed E-state index contributed by atoms with van der Waals surface area (Å²) in [6.07, 6.45) is 0. The Morgan fingerprint density at radius 3 is 2.50 bits per heavy atom. The molecule has 1 aromatic rings. The fourth-order valence-corrected chi connectivity index (χ4v) is 1.20. The molecule has 5 nitrogen and oxygen atoms in total. The van der Waals surface area contributed by atoms with Crippen LogP contribution in [0.25, 0.3) is 0 Å². The summed E-state index contributed by atoms with van der Waals surface area (Å²) in [5, 5.41) is 18.6. The molecule has 0 aliphatic rings. The van der Waals surface area contributed by atoms with E-state index in [1.807, 2.05) is 13.8 Å². The van der Waals surface area contributed by atoms with Crippen molar-refractivity contribution in [3.05, 3.63) is 29.8 Å². The smallest absolute Gasteiger partial charge is 0.337 e. The predicted molar refractivity (Wildman–Crippen MR) is 60.8 cm³/mol. The zero-order chi connectivity index (χ0) is 12.0. The van der Waals surface area contributed by atoms with Gasteiger partial charge in [0, 0.05) is 13.1 Å². The van der Waals surface area contributed by atoms with Crippen LogP contribution >= 0.6 is 0 Å². The van der Waals surface area contributed by atoms with Gasteiger partial charge in [-0.15, -0.1) is 5.11 Å². The normalized spacial score (nSPS) is 10.6. The highest BCUT2D eigenvalue weighted by molar-refractivity contribution is 5.93. The summed E-state index contributed by atoms with van der Waals surface area (Å²) in [6.45, 7) is 5.42. The first-order valence-electron chi connectivity index (χ1n) is 5.18.